The van der Waals surface area contributed by atoms with Crippen LogP contribution in [0.15, 0.2) is 41.5 Å². The second kappa shape index (κ2) is 10.3. The Morgan fingerprint density at radius 2 is 1.89 bits per heavy atom. The third-order valence-corrected chi connectivity index (χ3v) is 6.65. The standard InChI is InChI=1S/C19H30N4O2S.HI/c1-5-20-18(22-15-19(2,3)26(4,24)25)21-12-8-13-23-14-11-16-9-6-7-10-17(16)23;/h6-7,9-11,14H,5,8,12-13,15H2,1-4H3,(H2,20,21,22);1H. The van der Waals surface area contributed by atoms with Crippen molar-refractivity contribution in [1.29, 1.82) is 0 Å². The van der Waals surface area contributed by atoms with Crippen LogP contribution in [0.25, 0.3) is 10.9 Å². The number of aryl methyl sites for hydroxylation is 1. The van der Waals surface area contributed by atoms with Crippen molar-refractivity contribution in [2.45, 2.75) is 38.5 Å². The van der Waals surface area contributed by atoms with Gasteiger partial charge >= 0.3 is 0 Å². The van der Waals surface area contributed by atoms with E-state index in [1.807, 2.05) is 13.0 Å². The molecule has 0 saturated heterocycles. The maximum absolute atomic E-state index is 11.8. The van der Waals surface area contributed by atoms with Gasteiger partial charge in [0.2, 0.25) is 0 Å². The summed E-state index contributed by atoms with van der Waals surface area (Å²) >= 11 is 0. The summed E-state index contributed by atoms with van der Waals surface area (Å²) in [6.07, 6.45) is 4.31. The Hall–Kier alpha value is -1.29. The second-order valence-corrected chi connectivity index (χ2v) is 9.72. The quantitative estimate of drug-likeness (QED) is 0.250. The van der Waals surface area contributed by atoms with Gasteiger partial charge in [-0.05, 0) is 44.7 Å². The molecular formula is C19H31IN4O2S. The van der Waals surface area contributed by atoms with Gasteiger partial charge in [-0.15, -0.1) is 24.0 Å². The first-order valence-electron chi connectivity index (χ1n) is 9.00. The molecule has 0 aliphatic rings. The van der Waals surface area contributed by atoms with Gasteiger partial charge in [0.25, 0.3) is 0 Å². The van der Waals surface area contributed by atoms with Crippen molar-refractivity contribution in [2.75, 3.05) is 25.9 Å². The molecule has 2 aromatic rings. The summed E-state index contributed by atoms with van der Waals surface area (Å²) in [5, 5.41) is 7.70. The monoisotopic (exact) mass is 506 g/mol. The first kappa shape index (κ1) is 23.7. The second-order valence-electron chi connectivity index (χ2n) is 7.08. The molecule has 0 unspecified atom stereocenters. The van der Waals surface area contributed by atoms with E-state index in [-0.39, 0.29) is 30.5 Å². The zero-order valence-electron chi connectivity index (χ0n) is 16.5. The molecule has 152 valence electrons. The fraction of sp³-hybridized carbons (Fsp3) is 0.526. The topological polar surface area (TPSA) is 75.5 Å². The number of nitrogens with zero attached hydrogens (tertiary/aromatic N) is 2. The summed E-state index contributed by atoms with van der Waals surface area (Å²) in [5.41, 5.74) is 1.24. The number of rotatable bonds is 8. The molecule has 2 N–H and O–H groups in total. The van der Waals surface area contributed by atoms with Crippen LogP contribution < -0.4 is 10.6 Å². The van der Waals surface area contributed by atoms with E-state index in [1.54, 1.807) is 13.8 Å². The van der Waals surface area contributed by atoms with E-state index in [4.69, 9.17) is 0 Å². The molecule has 8 heteroatoms. The van der Waals surface area contributed by atoms with E-state index < -0.39 is 14.6 Å². The highest BCUT2D eigenvalue weighted by Crippen LogP contribution is 2.16. The number of para-hydroxylation sites is 1. The lowest BCUT2D eigenvalue weighted by Gasteiger charge is -2.21. The number of hydrogen-bond acceptors (Lipinski definition) is 3. The molecule has 0 amide bonds. The molecular weight excluding hydrogens is 475 g/mol. The summed E-state index contributed by atoms with van der Waals surface area (Å²) in [6, 6.07) is 10.5. The van der Waals surface area contributed by atoms with Crippen LogP contribution in [-0.4, -0.2) is 49.6 Å². The molecule has 1 aromatic heterocycles. The van der Waals surface area contributed by atoms with Crippen molar-refractivity contribution in [2.24, 2.45) is 4.99 Å². The Morgan fingerprint density at radius 3 is 2.56 bits per heavy atom. The number of guanidine groups is 1. The van der Waals surface area contributed by atoms with Crippen LogP contribution in [0.2, 0.25) is 0 Å². The fourth-order valence-electron chi connectivity index (χ4n) is 2.52. The highest BCUT2D eigenvalue weighted by atomic mass is 127. The fourth-order valence-corrected chi connectivity index (χ4v) is 2.82. The van der Waals surface area contributed by atoms with Gasteiger partial charge in [0, 0.05) is 37.6 Å². The Kier molecular flexibility index (Phi) is 9.07. The number of fused-ring (bicyclic) bond motifs is 1. The Labute approximate surface area is 179 Å². The molecule has 2 rings (SSSR count). The molecule has 1 aromatic carbocycles. The minimum Gasteiger partial charge on any atom is -0.357 e. The summed E-state index contributed by atoms with van der Waals surface area (Å²) in [6.45, 7) is 8.02. The predicted octanol–water partition coefficient (Wildman–Crippen LogP) is 3.03. The third kappa shape index (κ3) is 6.67. The van der Waals surface area contributed by atoms with Crippen molar-refractivity contribution in [3.05, 3.63) is 36.5 Å². The largest absolute Gasteiger partial charge is 0.357 e. The van der Waals surface area contributed by atoms with Crippen LogP contribution in [-0.2, 0) is 16.4 Å². The van der Waals surface area contributed by atoms with Gasteiger partial charge in [0.05, 0.1) is 11.3 Å². The summed E-state index contributed by atoms with van der Waals surface area (Å²) in [5.74, 6) is 0.654. The van der Waals surface area contributed by atoms with Crippen LogP contribution in [0.1, 0.15) is 27.2 Å². The smallest absolute Gasteiger partial charge is 0.191 e. The number of sulfone groups is 1. The third-order valence-electron chi connectivity index (χ3n) is 4.51. The number of halogens is 1. The SMILES string of the molecule is CCNC(=NCC(C)(C)S(C)(=O)=O)NCCCn1ccc2ccccc21.I. The normalized spacial score (nSPS) is 12.7. The molecule has 0 atom stereocenters. The predicted molar refractivity (Wildman–Crippen MR) is 125 cm³/mol. The van der Waals surface area contributed by atoms with E-state index in [1.165, 1.54) is 17.2 Å². The maximum Gasteiger partial charge on any atom is 0.191 e. The zero-order chi connectivity index (χ0) is 19.2. The molecule has 0 saturated carbocycles. The first-order chi connectivity index (χ1) is 12.2. The van der Waals surface area contributed by atoms with Crippen molar-refractivity contribution in [3.63, 3.8) is 0 Å². The lowest BCUT2D eigenvalue weighted by molar-refractivity contribution is 0.554. The minimum absolute atomic E-state index is 0. The summed E-state index contributed by atoms with van der Waals surface area (Å²) in [4.78, 5) is 4.44. The van der Waals surface area contributed by atoms with Gasteiger partial charge < -0.3 is 15.2 Å². The molecule has 0 spiro atoms. The average molecular weight is 506 g/mol. The lowest BCUT2D eigenvalue weighted by Crippen LogP contribution is -2.41. The highest BCUT2D eigenvalue weighted by molar-refractivity contribution is 14.0. The van der Waals surface area contributed by atoms with Crippen molar-refractivity contribution < 1.29 is 8.42 Å². The number of aromatic nitrogens is 1. The maximum atomic E-state index is 11.8. The Morgan fingerprint density at radius 1 is 1.19 bits per heavy atom. The van der Waals surface area contributed by atoms with Gasteiger partial charge in [-0.2, -0.15) is 0 Å². The van der Waals surface area contributed by atoms with Gasteiger partial charge in [-0.1, -0.05) is 18.2 Å². The molecule has 0 fully saturated rings. The Balaban J connectivity index is 0.00000364. The van der Waals surface area contributed by atoms with Crippen LogP contribution in [0.4, 0.5) is 0 Å². The summed E-state index contributed by atoms with van der Waals surface area (Å²) < 4.78 is 25.0. The molecule has 1 heterocycles. The molecule has 0 aliphatic heterocycles. The average Bonchev–Trinajstić information content (AvgIpc) is 2.98. The van der Waals surface area contributed by atoms with E-state index in [0.717, 1.165) is 26.1 Å². The zero-order valence-corrected chi connectivity index (χ0v) is 19.7. The lowest BCUT2D eigenvalue weighted by atomic mass is 10.2. The molecule has 6 nitrogen and oxygen atoms in total. The number of benzene rings is 1. The molecule has 0 radical (unpaired) electrons. The first-order valence-corrected chi connectivity index (χ1v) is 10.9. The number of nitrogens with one attached hydrogen (secondary N) is 2. The van der Waals surface area contributed by atoms with E-state index in [2.05, 4.69) is 50.7 Å². The van der Waals surface area contributed by atoms with Crippen molar-refractivity contribution >= 4 is 50.7 Å². The van der Waals surface area contributed by atoms with Crippen LogP contribution in [0.3, 0.4) is 0 Å². The summed E-state index contributed by atoms with van der Waals surface area (Å²) in [7, 11) is -3.15. The van der Waals surface area contributed by atoms with Gasteiger partial charge in [-0.3, -0.25) is 4.99 Å². The van der Waals surface area contributed by atoms with Crippen LogP contribution in [0, 0.1) is 0 Å². The number of hydrogen-bond donors (Lipinski definition) is 2. The molecule has 0 aliphatic carbocycles. The molecule has 27 heavy (non-hydrogen) atoms. The highest BCUT2D eigenvalue weighted by Gasteiger charge is 2.29. The minimum atomic E-state index is -3.15. The van der Waals surface area contributed by atoms with Gasteiger partial charge in [0.15, 0.2) is 15.8 Å². The van der Waals surface area contributed by atoms with Gasteiger partial charge in [0.1, 0.15) is 0 Å². The van der Waals surface area contributed by atoms with Crippen LogP contribution in [0.5, 0.6) is 0 Å². The Bertz CT molecular complexity index is 859. The van der Waals surface area contributed by atoms with Crippen LogP contribution >= 0.6 is 24.0 Å². The van der Waals surface area contributed by atoms with Crippen molar-refractivity contribution in [1.82, 2.24) is 15.2 Å². The molecule has 0 bridgehead atoms. The van der Waals surface area contributed by atoms with E-state index >= 15 is 0 Å². The van der Waals surface area contributed by atoms with E-state index in [9.17, 15) is 8.42 Å². The number of aliphatic imine (C=N–C) groups is 1. The van der Waals surface area contributed by atoms with E-state index in [0.29, 0.717) is 5.96 Å². The van der Waals surface area contributed by atoms with Gasteiger partial charge in [-0.25, -0.2) is 8.42 Å². The van der Waals surface area contributed by atoms with Crippen molar-refractivity contribution in [3.8, 4) is 0 Å².